The van der Waals surface area contributed by atoms with Crippen molar-refractivity contribution in [1.29, 1.82) is 0 Å². The van der Waals surface area contributed by atoms with E-state index in [9.17, 15) is 9.59 Å². The summed E-state index contributed by atoms with van der Waals surface area (Å²) < 4.78 is 0. The second-order valence-corrected chi connectivity index (χ2v) is 6.10. The van der Waals surface area contributed by atoms with Gasteiger partial charge in [-0.25, -0.2) is 0 Å². The molecule has 1 aliphatic carbocycles. The third-order valence-electron chi connectivity index (χ3n) is 4.58. The van der Waals surface area contributed by atoms with E-state index in [2.05, 4.69) is 10.6 Å². The van der Waals surface area contributed by atoms with E-state index in [0.717, 1.165) is 18.8 Å². The number of nitrogens with zero attached hydrogens (tertiary/aromatic N) is 1. The second kappa shape index (κ2) is 7.07. The monoisotopic (exact) mass is 281 g/mol. The fourth-order valence-electron chi connectivity index (χ4n) is 3.50. The maximum absolute atomic E-state index is 12.4. The number of likely N-dealkylation sites (N-methyl/N-ethyl adjacent to an activating group) is 2. The van der Waals surface area contributed by atoms with E-state index < -0.39 is 0 Å². The van der Waals surface area contributed by atoms with Crippen molar-refractivity contribution >= 4 is 11.8 Å². The Morgan fingerprint density at radius 3 is 2.70 bits per heavy atom. The first-order valence-electron chi connectivity index (χ1n) is 7.89. The van der Waals surface area contributed by atoms with E-state index in [1.165, 1.54) is 25.7 Å². The third-order valence-corrected chi connectivity index (χ3v) is 4.58. The molecule has 2 rings (SSSR count). The summed E-state index contributed by atoms with van der Waals surface area (Å²) in [4.78, 5) is 25.5. The molecule has 3 unspecified atom stereocenters. The molecule has 0 aromatic rings. The Bertz CT molecular complexity index is 359. The fourth-order valence-corrected chi connectivity index (χ4v) is 3.50. The molecule has 1 heterocycles. The van der Waals surface area contributed by atoms with Crippen LogP contribution in [0.3, 0.4) is 0 Å². The molecule has 3 atom stereocenters. The van der Waals surface area contributed by atoms with Gasteiger partial charge in [0.05, 0.1) is 12.6 Å². The van der Waals surface area contributed by atoms with Crippen LogP contribution in [-0.2, 0) is 9.59 Å². The lowest BCUT2D eigenvalue weighted by atomic mass is 9.77. The number of hydrogen-bond acceptors (Lipinski definition) is 3. The lowest BCUT2D eigenvalue weighted by Gasteiger charge is -2.40. The lowest BCUT2D eigenvalue weighted by molar-refractivity contribution is -0.137. The molecule has 2 fully saturated rings. The van der Waals surface area contributed by atoms with Crippen LogP contribution in [0.25, 0.3) is 0 Å². The van der Waals surface area contributed by atoms with Gasteiger partial charge >= 0.3 is 0 Å². The van der Waals surface area contributed by atoms with E-state index >= 15 is 0 Å². The molecule has 114 valence electrons. The zero-order chi connectivity index (χ0) is 14.5. The molecule has 1 aliphatic heterocycles. The summed E-state index contributed by atoms with van der Waals surface area (Å²) in [5.41, 5.74) is 0. The highest BCUT2D eigenvalue weighted by molar-refractivity contribution is 5.87. The lowest BCUT2D eigenvalue weighted by Crippen LogP contribution is -2.56. The number of piperidine rings is 1. The molecule has 0 aromatic heterocycles. The molecule has 0 radical (unpaired) electrons. The van der Waals surface area contributed by atoms with Gasteiger partial charge < -0.3 is 15.5 Å². The predicted octanol–water partition coefficient (Wildman–Crippen LogP) is 0.892. The molecule has 2 aliphatic rings. The average Bonchev–Trinajstić information content (AvgIpc) is 2.46. The van der Waals surface area contributed by atoms with E-state index in [-0.39, 0.29) is 24.4 Å². The molecule has 1 saturated carbocycles. The van der Waals surface area contributed by atoms with Crippen LogP contribution < -0.4 is 10.6 Å². The maximum atomic E-state index is 12.4. The minimum Gasteiger partial charge on any atom is -0.355 e. The number of fused-ring (bicyclic) bond motifs is 1. The van der Waals surface area contributed by atoms with E-state index in [1.54, 1.807) is 11.9 Å². The molecule has 5 heteroatoms. The Hall–Kier alpha value is -1.10. The van der Waals surface area contributed by atoms with Gasteiger partial charge in [0, 0.05) is 19.6 Å². The Balaban J connectivity index is 1.84. The molecule has 0 bridgehead atoms. The van der Waals surface area contributed by atoms with Crippen LogP contribution in [0.4, 0.5) is 0 Å². The van der Waals surface area contributed by atoms with Crippen molar-refractivity contribution in [2.75, 3.05) is 20.1 Å². The van der Waals surface area contributed by atoms with E-state index in [0.29, 0.717) is 12.6 Å². The quantitative estimate of drug-likeness (QED) is 0.804. The first-order valence-corrected chi connectivity index (χ1v) is 7.89. The Labute approximate surface area is 121 Å². The van der Waals surface area contributed by atoms with Gasteiger partial charge in [-0.3, -0.25) is 9.59 Å². The largest absolute Gasteiger partial charge is 0.355 e. The Morgan fingerprint density at radius 2 is 1.95 bits per heavy atom. The standard InChI is InChI=1S/C15H27N3O2/c1-3-16-14(19)10-18(2)15(20)13-9-8-11-6-4-5-7-12(11)17-13/h11-13,17H,3-10H2,1-2H3,(H,16,19). The Morgan fingerprint density at radius 1 is 1.20 bits per heavy atom. The zero-order valence-corrected chi connectivity index (χ0v) is 12.7. The number of carbonyl (C=O) groups is 2. The highest BCUT2D eigenvalue weighted by Gasteiger charge is 2.35. The third kappa shape index (κ3) is 3.72. The first-order chi connectivity index (χ1) is 9.61. The summed E-state index contributed by atoms with van der Waals surface area (Å²) in [6.45, 7) is 2.64. The summed E-state index contributed by atoms with van der Waals surface area (Å²) in [6.07, 6.45) is 7.13. The molecule has 0 spiro atoms. The van der Waals surface area contributed by atoms with Gasteiger partial charge in [-0.1, -0.05) is 12.8 Å². The topological polar surface area (TPSA) is 61.4 Å². The SMILES string of the molecule is CCNC(=O)CN(C)C(=O)C1CCC2CCCCC2N1. The highest BCUT2D eigenvalue weighted by atomic mass is 16.2. The van der Waals surface area contributed by atoms with Gasteiger partial charge in [0.15, 0.2) is 0 Å². The van der Waals surface area contributed by atoms with Crippen LogP contribution >= 0.6 is 0 Å². The van der Waals surface area contributed by atoms with Gasteiger partial charge in [-0.05, 0) is 38.5 Å². The number of carbonyl (C=O) groups excluding carboxylic acids is 2. The summed E-state index contributed by atoms with van der Waals surface area (Å²) >= 11 is 0. The summed E-state index contributed by atoms with van der Waals surface area (Å²) in [5.74, 6) is 0.719. The van der Waals surface area contributed by atoms with Gasteiger partial charge in [0.1, 0.15) is 0 Å². The van der Waals surface area contributed by atoms with Gasteiger partial charge in [0.25, 0.3) is 0 Å². The zero-order valence-electron chi connectivity index (χ0n) is 12.7. The molecule has 0 aromatic carbocycles. The van der Waals surface area contributed by atoms with Crippen molar-refractivity contribution in [3.63, 3.8) is 0 Å². The van der Waals surface area contributed by atoms with Crippen LogP contribution in [0.1, 0.15) is 45.4 Å². The van der Waals surface area contributed by atoms with E-state index in [4.69, 9.17) is 0 Å². The number of amides is 2. The van der Waals surface area contributed by atoms with Gasteiger partial charge in [-0.15, -0.1) is 0 Å². The Kier molecular flexibility index (Phi) is 5.40. The smallest absolute Gasteiger partial charge is 0.239 e. The fraction of sp³-hybridized carbons (Fsp3) is 0.867. The molecule has 2 N–H and O–H groups in total. The minimum atomic E-state index is -0.103. The van der Waals surface area contributed by atoms with Crippen LogP contribution in [-0.4, -0.2) is 48.9 Å². The molecular formula is C15H27N3O2. The first kappa shape index (κ1) is 15.3. The van der Waals surface area contributed by atoms with Crippen molar-refractivity contribution in [2.45, 2.75) is 57.5 Å². The van der Waals surface area contributed by atoms with Crippen LogP contribution in [0.15, 0.2) is 0 Å². The number of nitrogens with one attached hydrogen (secondary N) is 2. The van der Waals surface area contributed by atoms with Crippen molar-refractivity contribution in [3.05, 3.63) is 0 Å². The number of rotatable bonds is 4. The average molecular weight is 281 g/mol. The minimum absolute atomic E-state index is 0.0558. The summed E-state index contributed by atoms with van der Waals surface area (Å²) in [7, 11) is 1.71. The van der Waals surface area contributed by atoms with E-state index in [1.807, 2.05) is 6.92 Å². The number of hydrogen-bond donors (Lipinski definition) is 2. The molecule has 5 nitrogen and oxygen atoms in total. The summed E-state index contributed by atoms with van der Waals surface area (Å²) in [5, 5.41) is 6.24. The molecule has 1 saturated heterocycles. The van der Waals surface area contributed by atoms with Crippen molar-refractivity contribution in [1.82, 2.24) is 15.5 Å². The molecule has 2 amide bonds. The van der Waals surface area contributed by atoms with Crippen LogP contribution in [0.2, 0.25) is 0 Å². The van der Waals surface area contributed by atoms with Gasteiger partial charge in [0.2, 0.25) is 11.8 Å². The summed E-state index contributed by atoms with van der Waals surface area (Å²) in [6, 6.07) is 0.401. The van der Waals surface area contributed by atoms with Crippen LogP contribution in [0.5, 0.6) is 0 Å². The normalized spacial score (nSPS) is 29.4. The van der Waals surface area contributed by atoms with Gasteiger partial charge in [-0.2, -0.15) is 0 Å². The van der Waals surface area contributed by atoms with Crippen molar-refractivity contribution < 1.29 is 9.59 Å². The molecule has 20 heavy (non-hydrogen) atoms. The maximum Gasteiger partial charge on any atom is 0.239 e. The van der Waals surface area contributed by atoms with Crippen molar-refractivity contribution in [2.24, 2.45) is 5.92 Å². The molecular weight excluding hydrogens is 254 g/mol. The highest BCUT2D eigenvalue weighted by Crippen LogP contribution is 2.32. The predicted molar refractivity (Wildman–Crippen MR) is 78.2 cm³/mol. The van der Waals surface area contributed by atoms with Crippen molar-refractivity contribution in [3.8, 4) is 0 Å². The van der Waals surface area contributed by atoms with Crippen LogP contribution in [0, 0.1) is 5.92 Å². The second-order valence-electron chi connectivity index (χ2n) is 6.10.